The van der Waals surface area contributed by atoms with Gasteiger partial charge in [0, 0.05) is 39.5 Å². The average molecular weight is 685 g/mol. The first kappa shape index (κ1) is 31.8. The summed E-state index contributed by atoms with van der Waals surface area (Å²) >= 11 is 0. The molecule has 0 unspecified atom stereocenters. The van der Waals surface area contributed by atoms with Crippen LogP contribution in [0.15, 0.2) is 170 Å². The third-order valence-electron chi connectivity index (χ3n) is 12.2. The third kappa shape index (κ3) is 5.56. The number of aryl methyl sites for hydroxylation is 4. The number of hydrogen-bond donors (Lipinski definition) is 0. The summed E-state index contributed by atoms with van der Waals surface area (Å²) in [5, 5.41) is 0. The molecule has 0 amide bonds. The summed E-state index contributed by atoms with van der Waals surface area (Å²) in [6.07, 6.45) is 8.89. The third-order valence-corrected chi connectivity index (χ3v) is 12.2. The minimum Gasteiger partial charge on any atom is -0.310 e. The van der Waals surface area contributed by atoms with Gasteiger partial charge in [0.25, 0.3) is 0 Å². The molecule has 53 heavy (non-hydrogen) atoms. The molecule has 1 fully saturated rings. The Morgan fingerprint density at radius 3 is 1.38 bits per heavy atom. The highest BCUT2D eigenvalue weighted by atomic mass is 15.2. The molecule has 0 N–H and O–H groups in total. The number of rotatable bonds is 6. The lowest BCUT2D eigenvalue weighted by Crippen LogP contribution is -2.21. The van der Waals surface area contributed by atoms with E-state index in [9.17, 15) is 0 Å². The molecule has 13 rings (SSSR count). The van der Waals surface area contributed by atoms with Crippen molar-refractivity contribution >= 4 is 34.1 Å². The summed E-state index contributed by atoms with van der Waals surface area (Å²) in [5.41, 5.74) is 18.9. The molecular formula is C51H44N2. The van der Waals surface area contributed by atoms with Crippen molar-refractivity contribution in [1.82, 2.24) is 0 Å². The molecule has 0 aromatic heterocycles. The van der Waals surface area contributed by atoms with Gasteiger partial charge >= 0.3 is 0 Å². The van der Waals surface area contributed by atoms with Gasteiger partial charge in [-0.3, -0.25) is 0 Å². The molecule has 2 nitrogen and oxygen atoms in total. The first-order valence-electron chi connectivity index (χ1n) is 19.5. The van der Waals surface area contributed by atoms with Crippen molar-refractivity contribution in [3.63, 3.8) is 0 Å². The lowest BCUT2D eigenvalue weighted by atomic mass is 9.76. The van der Waals surface area contributed by atoms with Crippen LogP contribution in [-0.4, -0.2) is 0 Å². The summed E-state index contributed by atoms with van der Waals surface area (Å²) in [7, 11) is 0. The van der Waals surface area contributed by atoms with E-state index in [1.807, 2.05) is 0 Å². The van der Waals surface area contributed by atoms with E-state index in [-0.39, 0.29) is 5.41 Å². The lowest BCUT2D eigenvalue weighted by Gasteiger charge is -2.32. The van der Waals surface area contributed by atoms with Crippen molar-refractivity contribution in [3.05, 3.63) is 203 Å². The van der Waals surface area contributed by atoms with Crippen molar-refractivity contribution in [2.75, 3.05) is 9.80 Å². The quantitative estimate of drug-likeness (QED) is 0.172. The maximum absolute atomic E-state index is 2.55. The molecule has 6 aliphatic rings. The van der Waals surface area contributed by atoms with E-state index in [1.165, 1.54) is 104 Å². The minimum atomic E-state index is 0.128. The fourth-order valence-corrected chi connectivity index (χ4v) is 9.61. The molecule has 0 atom stereocenters. The van der Waals surface area contributed by atoms with Gasteiger partial charge in [-0.15, -0.1) is 0 Å². The largest absolute Gasteiger partial charge is 0.310 e. The SMILES string of the molecule is c1ccc(N(c2ccccc2)c2cc3ccc2CCc2ccc(c(N(c4ccccc4)c4ccc5c(c4)C4(CCCC4)c4ccccc4-5)c2)CC3)cc1. The zero-order chi connectivity index (χ0) is 35.2. The van der Waals surface area contributed by atoms with Crippen molar-refractivity contribution in [1.29, 1.82) is 0 Å². The number of nitrogens with zero attached hydrogens (tertiary/aromatic N) is 2. The van der Waals surface area contributed by atoms with Crippen LogP contribution >= 0.6 is 0 Å². The first-order valence-corrected chi connectivity index (χ1v) is 19.5. The summed E-state index contributed by atoms with van der Waals surface area (Å²) < 4.78 is 0. The molecule has 4 bridgehead atoms. The molecule has 258 valence electrons. The van der Waals surface area contributed by atoms with E-state index < -0.39 is 0 Å². The van der Waals surface area contributed by atoms with E-state index in [0.29, 0.717) is 0 Å². The molecular weight excluding hydrogens is 641 g/mol. The Balaban J connectivity index is 1.07. The maximum atomic E-state index is 2.55. The maximum Gasteiger partial charge on any atom is 0.0496 e. The fraction of sp³-hybridized carbons (Fsp3) is 0.176. The highest BCUT2D eigenvalue weighted by Gasteiger charge is 2.45. The van der Waals surface area contributed by atoms with Gasteiger partial charge in [-0.05, 0) is 144 Å². The Morgan fingerprint density at radius 1 is 0.358 bits per heavy atom. The van der Waals surface area contributed by atoms with Gasteiger partial charge in [0.2, 0.25) is 0 Å². The average Bonchev–Trinajstić information content (AvgIpc) is 3.81. The molecule has 6 aliphatic carbocycles. The molecule has 2 heteroatoms. The normalized spacial score (nSPS) is 15.1. The summed E-state index contributed by atoms with van der Waals surface area (Å²) in [5.74, 6) is 0. The molecule has 0 saturated heterocycles. The number of anilines is 6. The van der Waals surface area contributed by atoms with E-state index >= 15 is 0 Å². The van der Waals surface area contributed by atoms with E-state index in [1.54, 1.807) is 0 Å². The van der Waals surface area contributed by atoms with Crippen molar-refractivity contribution in [2.45, 2.75) is 56.8 Å². The van der Waals surface area contributed by atoms with Gasteiger partial charge in [-0.1, -0.05) is 122 Å². The standard InChI is InChI=1S/C51H44N2/c1-4-14-41(15-5-1)52(42-16-6-2-7-17-42)49-34-37-22-26-39(49)27-23-38-25-29-40(28-24-37)50(35-38)53(43-18-8-3-9-19-43)44-30-31-46-45-20-10-11-21-47(45)51(48(46)36-44)32-12-13-33-51/h1-11,14-22,25-26,29-31,34-36H,12-13,23-24,27-28,32-33H2. The summed E-state index contributed by atoms with van der Waals surface area (Å²) in [6, 6.07) is 63.8. The monoisotopic (exact) mass is 684 g/mol. The zero-order valence-corrected chi connectivity index (χ0v) is 30.2. The van der Waals surface area contributed by atoms with E-state index in [2.05, 4.69) is 180 Å². The second-order valence-electron chi connectivity index (χ2n) is 15.2. The Hall–Kier alpha value is -5.86. The van der Waals surface area contributed by atoms with Crippen LogP contribution in [0.25, 0.3) is 11.1 Å². The van der Waals surface area contributed by atoms with Crippen LogP contribution in [0.5, 0.6) is 0 Å². The van der Waals surface area contributed by atoms with Crippen LogP contribution in [0, 0.1) is 0 Å². The molecule has 1 spiro atoms. The van der Waals surface area contributed by atoms with Crippen LogP contribution < -0.4 is 9.80 Å². The summed E-state index contributed by atoms with van der Waals surface area (Å²) in [4.78, 5) is 4.99. The van der Waals surface area contributed by atoms with Crippen LogP contribution in [-0.2, 0) is 31.1 Å². The highest BCUT2D eigenvalue weighted by Crippen LogP contribution is 2.58. The second kappa shape index (κ2) is 13.3. The topological polar surface area (TPSA) is 6.48 Å². The predicted molar refractivity (Wildman–Crippen MR) is 222 cm³/mol. The smallest absolute Gasteiger partial charge is 0.0496 e. The Kier molecular flexibility index (Phi) is 7.98. The molecule has 7 aromatic carbocycles. The minimum absolute atomic E-state index is 0.128. The van der Waals surface area contributed by atoms with Crippen LogP contribution in [0.4, 0.5) is 34.1 Å². The van der Waals surface area contributed by atoms with Gasteiger partial charge in [0.1, 0.15) is 0 Å². The van der Waals surface area contributed by atoms with Crippen LogP contribution in [0.3, 0.4) is 0 Å². The van der Waals surface area contributed by atoms with Crippen LogP contribution in [0.1, 0.15) is 59.1 Å². The fourth-order valence-electron chi connectivity index (χ4n) is 9.61. The van der Waals surface area contributed by atoms with Crippen molar-refractivity contribution in [2.24, 2.45) is 0 Å². The lowest BCUT2D eigenvalue weighted by molar-refractivity contribution is 0.550. The van der Waals surface area contributed by atoms with E-state index in [0.717, 1.165) is 25.7 Å². The molecule has 7 aromatic rings. The second-order valence-corrected chi connectivity index (χ2v) is 15.2. The van der Waals surface area contributed by atoms with Gasteiger partial charge in [-0.2, -0.15) is 0 Å². The number of fused-ring (bicyclic) bond motifs is 5. The predicted octanol–water partition coefficient (Wildman–Crippen LogP) is 13.4. The number of benzene rings is 7. The highest BCUT2D eigenvalue weighted by molar-refractivity contribution is 5.87. The van der Waals surface area contributed by atoms with Gasteiger partial charge in [0.15, 0.2) is 0 Å². The number of para-hydroxylation sites is 3. The van der Waals surface area contributed by atoms with Crippen molar-refractivity contribution in [3.8, 4) is 11.1 Å². The van der Waals surface area contributed by atoms with Gasteiger partial charge < -0.3 is 9.80 Å². The van der Waals surface area contributed by atoms with E-state index in [4.69, 9.17) is 0 Å². The Bertz CT molecular complexity index is 2370. The van der Waals surface area contributed by atoms with Crippen LogP contribution in [0.2, 0.25) is 0 Å². The van der Waals surface area contributed by atoms with Crippen molar-refractivity contribution < 1.29 is 0 Å². The molecule has 0 heterocycles. The molecule has 0 radical (unpaired) electrons. The summed E-state index contributed by atoms with van der Waals surface area (Å²) in [6.45, 7) is 0. The Labute approximate surface area is 314 Å². The van der Waals surface area contributed by atoms with Gasteiger partial charge in [-0.25, -0.2) is 0 Å². The molecule has 1 saturated carbocycles. The van der Waals surface area contributed by atoms with Gasteiger partial charge in [0.05, 0.1) is 0 Å². The first-order chi connectivity index (χ1) is 26.2. The Morgan fingerprint density at radius 2 is 0.830 bits per heavy atom. The zero-order valence-electron chi connectivity index (χ0n) is 30.2. The number of hydrogen-bond acceptors (Lipinski definition) is 2. The molecule has 0 aliphatic heterocycles.